The molecule has 1 saturated heterocycles. The molecule has 7 heavy (non-hydrogen) atoms. The van der Waals surface area contributed by atoms with Gasteiger partial charge in [0.1, 0.15) is 6.79 Å². The van der Waals surface area contributed by atoms with E-state index in [2.05, 4.69) is 4.74 Å². The molecule has 0 aromatic heterocycles. The molecule has 1 N–H and O–H groups in total. The SMILES string of the molecule is OCOC1CCO1. The molecule has 0 spiro atoms. The Morgan fingerprint density at radius 1 is 1.86 bits per heavy atom. The third-order valence-electron chi connectivity index (χ3n) is 0.918. The van der Waals surface area contributed by atoms with Crippen LogP contribution in [0.2, 0.25) is 0 Å². The maximum absolute atomic E-state index is 8.10. The van der Waals surface area contributed by atoms with Gasteiger partial charge >= 0.3 is 0 Å². The van der Waals surface area contributed by atoms with Gasteiger partial charge in [-0.05, 0) is 0 Å². The molecule has 0 saturated carbocycles. The summed E-state index contributed by atoms with van der Waals surface area (Å²) >= 11 is 0. The lowest BCUT2D eigenvalue weighted by Gasteiger charge is -2.24. The molecular formula is C4H8O3. The average molecular weight is 104 g/mol. The molecule has 3 heteroatoms. The van der Waals surface area contributed by atoms with E-state index in [1.54, 1.807) is 0 Å². The van der Waals surface area contributed by atoms with Gasteiger partial charge in [0.2, 0.25) is 0 Å². The van der Waals surface area contributed by atoms with E-state index in [1.165, 1.54) is 0 Å². The van der Waals surface area contributed by atoms with Crippen molar-refractivity contribution in [2.45, 2.75) is 12.7 Å². The van der Waals surface area contributed by atoms with Crippen molar-refractivity contribution in [3.8, 4) is 0 Å². The molecule has 0 aromatic rings. The van der Waals surface area contributed by atoms with Crippen LogP contribution in [0.1, 0.15) is 6.42 Å². The smallest absolute Gasteiger partial charge is 0.162 e. The summed E-state index contributed by atoms with van der Waals surface area (Å²) in [6.07, 6.45) is 0.797. The van der Waals surface area contributed by atoms with Gasteiger partial charge in [-0.2, -0.15) is 0 Å². The van der Waals surface area contributed by atoms with E-state index in [0.717, 1.165) is 13.0 Å². The quantitative estimate of drug-likeness (QED) is 0.489. The highest BCUT2D eigenvalue weighted by Crippen LogP contribution is 2.10. The fourth-order valence-corrected chi connectivity index (χ4v) is 0.429. The maximum atomic E-state index is 8.10. The van der Waals surface area contributed by atoms with Crippen molar-refractivity contribution >= 4 is 0 Å². The summed E-state index contributed by atoms with van der Waals surface area (Å²) in [5, 5.41) is 8.10. The van der Waals surface area contributed by atoms with Gasteiger partial charge in [-0.15, -0.1) is 0 Å². The van der Waals surface area contributed by atoms with Crippen LogP contribution in [-0.4, -0.2) is 24.8 Å². The van der Waals surface area contributed by atoms with Crippen molar-refractivity contribution < 1.29 is 14.6 Å². The predicted molar refractivity (Wildman–Crippen MR) is 22.5 cm³/mol. The molecule has 1 atom stereocenters. The third kappa shape index (κ3) is 1.12. The monoisotopic (exact) mass is 104 g/mol. The van der Waals surface area contributed by atoms with E-state index in [4.69, 9.17) is 9.84 Å². The first-order valence-corrected chi connectivity index (χ1v) is 2.27. The Morgan fingerprint density at radius 3 is 2.71 bits per heavy atom. The molecule has 42 valence electrons. The topological polar surface area (TPSA) is 38.7 Å². The summed E-state index contributed by atoms with van der Waals surface area (Å²) in [7, 11) is 0. The molecule has 1 unspecified atom stereocenters. The first-order valence-electron chi connectivity index (χ1n) is 2.27. The van der Waals surface area contributed by atoms with Crippen molar-refractivity contribution in [1.82, 2.24) is 0 Å². The zero-order chi connectivity index (χ0) is 5.11. The molecule has 0 amide bonds. The molecule has 1 aliphatic heterocycles. The molecule has 1 heterocycles. The minimum atomic E-state index is -0.231. The maximum Gasteiger partial charge on any atom is 0.162 e. The van der Waals surface area contributed by atoms with Gasteiger partial charge < -0.3 is 14.6 Å². The van der Waals surface area contributed by atoms with E-state index in [1.807, 2.05) is 0 Å². The Morgan fingerprint density at radius 2 is 2.57 bits per heavy atom. The number of ether oxygens (including phenoxy) is 2. The first kappa shape index (κ1) is 5.03. The number of hydrogen-bond donors (Lipinski definition) is 1. The summed E-state index contributed by atoms with van der Waals surface area (Å²) in [5.41, 5.74) is 0. The van der Waals surface area contributed by atoms with E-state index in [-0.39, 0.29) is 13.1 Å². The second-order valence-corrected chi connectivity index (χ2v) is 1.38. The Bertz CT molecular complexity index is 50.9. The van der Waals surface area contributed by atoms with E-state index in [0.29, 0.717) is 0 Å². The van der Waals surface area contributed by atoms with Gasteiger partial charge in [0, 0.05) is 6.42 Å². The highest BCUT2D eigenvalue weighted by Gasteiger charge is 2.17. The zero-order valence-corrected chi connectivity index (χ0v) is 3.96. The van der Waals surface area contributed by atoms with Crippen LogP contribution in [0.3, 0.4) is 0 Å². The summed E-state index contributed by atoms with van der Waals surface area (Å²) in [6.45, 7) is 0.537. The molecule has 0 bridgehead atoms. The van der Waals surface area contributed by atoms with Gasteiger partial charge in [0.25, 0.3) is 0 Å². The average Bonchev–Trinajstić information content (AvgIpc) is 1.55. The number of aliphatic hydroxyl groups is 1. The van der Waals surface area contributed by atoms with Gasteiger partial charge in [0.15, 0.2) is 6.29 Å². The molecule has 1 aliphatic rings. The Balaban J connectivity index is 1.93. The van der Waals surface area contributed by atoms with E-state index >= 15 is 0 Å². The lowest BCUT2D eigenvalue weighted by molar-refractivity contribution is -0.241. The first-order chi connectivity index (χ1) is 3.43. The van der Waals surface area contributed by atoms with Crippen molar-refractivity contribution in [1.29, 1.82) is 0 Å². The highest BCUT2D eigenvalue weighted by molar-refractivity contribution is 4.52. The third-order valence-corrected chi connectivity index (χ3v) is 0.918. The van der Waals surface area contributed by atoms with E-state index in [9.17, 15) is 0 Å². The van der Waals surface area contributed by atoms with Crippen LogP contribution < -0.4 is 0 Å². The van der Waals surface area contributed by atoms with Crippen LogP contribution in [0.25, 0.3) is 0 Å². The van der Waals surface area contributed by atoms with Crippen molar-refractivity contribution in [2.24, 2.45) is 0 Å². The predicted octanol–water partition coefficient (Wildman–Crippen LogP) is -0.301. The molecular weight excluding hydrogens is 96.0 g/mol. The summed E-state index contributed by atoms with van der Waals surface area (Å²) in [5.74, 6) is 0. The van der Waals surface area contributed by atoms with Crippen LogP contribution in [0.4, 0.5) is 0 Å². The van der Waals surface area contributed by atoms with Crippen LogP contribution in [0, 0.1) is 0 Å². The van der Waals surface area contributed by atoms with Crippen molar-refractivity contribution in [3.63, 3.8) is 0 Å². The van der Waals surface area contributed by atoms with Crippen LogP contribution in [0.5, 0.6) is 0 Å². The fourth-order valence-electron chi connectivity index (χ4n) is 0.429. The second-order valence-electron chi connectivity index (χ2n) is 1.38. The van der Waals surface area contributed by atoms with E-state index < -0.39 is 0 Å². The summed E-state index contributed by atoms with van der Waals surface area (Å²) in [6, 6.07) is 0. The van der Waals surface area contributed by atoms with Crippen LogP contribution in [-0.2, 0) is 9.47 Å². The second kappa shape index (κ2) is 2.26. The van der Waals surface area contributed by atoms with Crippen LogP contribution in [0.15, 0.2) is 0 Å². The Kier molecular flexibility index (Phi) is 1.62. The lowest BCUT2D eigenvalue weighted by atomic mass is 10.3. The Hall–Kier alpha value is -0.120. The minimum Gasteiger partial charge on any atom is -0.371 e. The minimum absolute atomic E-state index is 0.120. The number of rotatable bonds is 2. The van der Waals surface area contributed by atoms with Crippen molar-refractivity contribution in [3.05, 3.63) is 0 Å². The summed E-state index contributed by atoms with van der Waals surface area (Å²) in [4.78, 5) is 0. The Labute approximate surface area is 41.8 Å². The molecule has 1 rings (SSSR count). The van der Waals surface area contributed by atoms with Gasteiger partial charge in [-0.1, -0.05) is 0 Å². The normalized spacial score (nSPS) is 29.6. The van der Waals surface area contributed by atoms with Gasteiger partial charge in [-0.3, -0.25) is 0 Å². The molecule has 0 radical (unpaired) electrons. The fraction of sp³-hybridized carbons (Fsp3) is 1.00. The molecule has 3 nitrogen and oxygen atoms in total. The van der Waals surface area contributed by atoms with Crippen molar-refractivity contribution in [2.75, 3.05) is 13.4 Å². The lowest BCUT2D eigenvalue weighted by Crippen LogP contribution is -2.29. The summed E-state index contributed by atoms with van der Waals surface area (Å²) < 4.78 is 9.40. The standard InChI is InChI=1S/C4H8O3/c5-3-7-4-1-2-6-4/h4-5H,1-3H2. The number of hydrogen-bond acceptors (Lipinski definition) is 3. The zero-order valence-electron chi connectivity index (χ0n) is 3.96. The molecule has 1 fully saturated rings. The van der Waals surface area contributed by atoms with Crippen LogP contribution >= 0.6 is 0 Å². The van der Waals surface area contributed by atoms with Gasteiger partial charge in [-0.25, -0.2) is 0 Å². The highest BCUT2D eigenvalue weighted by atomic mass is 16.7. The number of aliphatic hydroxyl groups excluding tert-OH is 1. The van der Waals surface area contributed by atoms with Gasteiger partial charge in [0.05, 0.1) is 6.61 Å². The molecule has 0 aliphatic carbocycles. The molecule has 0 aromatic carbocycles. The largest absolute Gasteiger partial charge is 0.371 e.